The minimum Gasteiger partial charge on any atom is -0.450 e. The van der Waals surface area contributed by atoms with Gasteiger partial charge in [0.15, 0.2) is 5.43 Å². The first-order chi connectivity index (χ1) is 11.0. The van der Waals surface area contributed by atoms with Crippen LogP contribution in [0, 0.1) is 0 Å². The number of amides is 1. The number of halogens is 2. The molecule has 0 aliphatic carbocycles. The molecule has 1 aliphatic rings. The summed E-state index contributed by atoms with van der Waals surface area (Å²) >= 11 is 9.37. The van der Waals surface area contributed by atoms with Crippen molar-refractivity contribution in [1.29, 1.82) is 0 Å². The van der Waals surface area contributed by atoms with Gasteiger partial charge in [-0.15, -0.1) is 0 Å². The maximum Gasteiger partial charge on any atom is 0.288 e. The molecule has 0 bridgehead atoms. The Hall–Kier alpha value is -2.11. The highest BCUT2D eigenvalue weighted by molar-refractivity contribution is 9.10. The normalized spacial score (nSPS) is 16.4. The van der Waals surface area contributed by atoms with Crippen LogP contribution in [0.2, 0.25) is 5.02 Å². The van der Waals surface area contributed by atoms with E-state index in [9.17, 15) is 9.59 Å². The first kappa shape index (κ1) is 14.5. The van der Waals surface area contributed by atoms with Crippen molar-refractivity contribution in [2.24, 2.45) is 0 Å². The number of rotatable bonds is 1. The van der Waals surface area contributed by atoms with Crippen LogP contribution in [0.3, 0.4) is 0 Å². The number of fused-ring (bicyclic) bond motifs is 2. The van der Waals surface area contributed by atoms with E-state index < -0.39 is 11.9 Å². The van der Waals surface area contributed by atoms with Crippen molar-refractivity contribution in [2.75, 3.05) is 0 Å². The fraction of sp³-hybridized carbons (Fsp3) is 0.0588. The summed E-state index contributed by atoms with van der Waals surface area (Å²) in [6.07, 6.45) is 0. The Morgan fingerprint density at radius 2 is 1.96 bits per heavy atom. The molecule has 0 saturated heterocycles. The molecule has 0 radical (unpaired) electrons. The third-order valence-electron chi connectivity index (χ3n) is 3.84. The van der Waals surface area contributed by atoms with Gasteiger partial charge in [-0.2, -0.15) is 0 Å². The topological polar surface area (TPSA) is 59.3 Å². The molecule has 1 aromatic heterocycles. The molecular formula is C17H9BrClNO3. The van der Waals surface area contributed by atoms with E-state index in [4.69, 9.17) is 16.0 Å². The maximum atomic E-state index is 12.9. The molecule has 23 heavy (non-hydrogen) atoms. The van der Waals surface area contributed by atoms with E-state index in [0.29, 0.717) is 21.6 Å². The molecule has 1 atom stereocenters. The zero-order chi connectivity index (χ0) is 16.1. The number of carbonyl (C=O) groups is 1. The van der Waals surface area contributed by atoms with Gasteiger partial charge in [-0.25, -0.2) is 0 Å². The smallest absolute Gasteiger partial charge is 0.288 e. The lowest BCUT2D eigenvalue weighted by molar-refractivity contribution is 0.0938. The van der Waals surface area contributed by atoms with Crippen LogP contribution in [0.5, 0.6) is 0 Å². The van der Waals surface area contributed by atoms with Crippen LogP contribution >= 0.6 is 27.5 Å². The molecule has 3 aromatic rings. The van der Waals surface area contributed by atoms with Crippen molar-refractivity contribution in [1.82, 2.24) is 5.32 Å². The lowest BCUT2D eigenvalue weighted by Crippen LogP contribution is -2.21. The third kappa shape index (κ3) is 2.28. The van der Waals surface area contributed by atoms with E-state index in [1.165, 1.54) is 0 Å². The Bertz CT molecular complexity index is 1030. The van der Waals surface area contributed by atoms with Crippen LogP contribution in [-0.4, -0.2) is 5.91 Å². The van der Waals surface area contributed by atoms with Crippen LogP contribution in [0.1, 0.15) is 27.7 Å². The lowest BCUT2D eigenvalue weighted by atomic mass is 9.99. The molecule has 2 heterocycles. The monoisotopic (exact) mass is 389 g/mol. The van der Waals surface area contributed by atoms with Gasteiger partial charge in [0.25, 0.3) is 5.91 Å². The molecule has 6 heteroatoms. The second-order valence-corrected chi connectivity index (χ2v) is 6.63. The van der Waals surface area contributed by atoms with Crippen LogP contribution < -0.4 is 10.7 Å². The third-order valence-corrected chi connectivity index (χ3v) is 4.57. The van der Waals surface area contributed by atoms with Gasteiger partial charge in [0.1, 0.15) is 5.58 Å². The van der Waals surface area contributed by atoms with Crippen LogP contribution in [0.4, 0.5) is 0 Å². The zero-order valence-corrected chi connectivity index (χ0v) is 13.9. The molecule has 1 aliphatic heterocycles. The highest BCUT2D eigenvalue weighted by Crippen LogP contribution is 2.32. The van der Waals surface area contributed by atoms with Crippen molar-refractivity contribution in [2.45, 2.75) is 6.04 Å². The highest BCUT2D eigenvalue weighted by atomic mass is 79.9. The number of nitrogens with one attached hydrogen (secondary N) is 1. The Morgan fingerprint density at radius 3 is 2.74 bits per heavy atom. The van der Waals surface area contributed by atoms with Gasteiger partial charge in [-0.05, 0) is 35.9 Å². The van der Waals surface area contributed by atoms with Crippen molar-refractivity contribution in [3.63, 3.8) is 0 Å². The fourth-order valence-corrected chi connectivity index (χ4v) is 3.38. The molecule has 1 N–H and O–H groups in total. The molecule has 0 spiro atoms. The quantitative estimate of drug-likeness (QED) is 0.682. The minimum atomic E-state index is -0.559. The van der Waals surface area contributed by atoms with Gasteiger partial charge < -0.3 is 9.73 Å². The van der Waals surface area contributed by atoms with Gasteiger partial charge in [0.05, 0.1) is 17.0 Å². The molecule has 0 saturated carbocycles. The first-order valence-corrected chi connectivity index (χ1v) is 8.04. The van der Waals surface area contributed by atoms with Gasteiger partial charge in [-0.1, -0.05) is 39.7 Å². The number of hydrogen-bond acceptors (Lipinski definition) is 3. The van der Waals surface area contributed by atoms with Crippen molar-refractivity contribution < 1.29 is 9.21 Å². The molecule has 4 nitrogen and oxygen atoms in total. The van der Waals surface area contributed by atoms with Crippen LogP contribution in [-0.2, 0) is 0 Å². The lowest BCUT2D eigenvalue weighted by Gasteiger charge is -2.11. The van der Waals surface area contributed by atoms with Crippen LogP contribution in [0.25, 0.3) is 11.0 Å². The summed E-state index contributed by atoms with van der Waals surface area (Å²) in [6, 6.07) is 11.6. The van der Waals surface area contributed by atoms with E-state index in [-0.39, 0.29) is 11.2 Å². The summed E-state index contributed by atoms with van der Waals surface area (Å²) in [7, 11) is 0. The fourth-order valence-electron chi connectivity index (χ4n) is 2.82. The summed E-state index contributed by atoms with van der Waals surface area (Å²) in [6.45, 7) is 0. The first-order valence-electron chi connectivity index (χ1n) is 6.87. The van der Waals surface area contributed by atoms with Crippen molar-refractivity contribution in [3.05, 3.63) is 79.1 Å². The Balaban J connectivity index is 2.01. The van der Waals surface area contributed by atoms with E-state index in [0.717, 1.165) is 10.0 Å². The molecule has 4 rings (SSSR count). The molecule has 2 aromatic carbocycles. The average Bonchev–Trinajstić information content (AvgIpc) is 2.86. The van der Waals surface area contributed by atoms with Gasteiger partial charge in [0.2, 0.25) is 5.76 Å². The van der Waals surface area contributed by atoms with Crippen molar-refractivity contribution >= 4 is 44.4 Å². The summed E-state index contributed by atoms with van der Waals surface area (Å²) in [5.74, 6) is -0.332. The predicted octanol–water partition coefficient (Wildman–Crippen LogP) is 4.04. The SMILES string of the molecule is O=C1NC(c2cccc(Cl)c2)c2c1oc1ccc(Br)cc1c2=O. The Kier molecular flexibility index (Phi) is 3.28. The molecule has 1 unspecified atom stereocenters. The van der Waals surface area contributed by atoms with Gasteiger partial charge in [-0.3, -0.25) is 9.59 Å². The Morgan fingerprint density at radius 1 is 1.13 bits per heavy atom. The Labute approximate surface area is 144 Å². The second kappa shape index (κ2) is 5.22. The van der Waals surface area contributed by atoms with Crippen molar-refractivity contribution in [3.8, 4) is 0 Å². The van der Waals surface area contributed by atoms with E-state index >= 15 is 0 Å². The summed E-state index contributed by atoms with van der Waals surface area (Å²) < 4.78 is 6.44. The zero-order valence-electron chi connectivity index (χ0n) is 11.6. The molecule has 1 amide bonds. The summed E-state index contributed by atoms with van der Waals surface area (Å²) in [5, 5.41) is 3.76. The summed E-state index contributed by atoms with van der Waals surface area (Å²) in [5.41, 5.74) is 1.24. The number of hydrogen-bond donors (Lipinski definition) is 1. The second-order valence-electron chi connectivity index (χ2n) is 5.28. The number of carbonyl (C=O) groups excluding carboxylic acids is 1. The molecular weight excluding hydrogens is 382 g/mol. The standard InChI is InChI=1S/C17H9BrClNO3/c18-9-4-5-12-11(7-9)15(21)13-14(20-17(22)16(13)23-12)8-2-1-3-10(19)6-8/h1-7,14H,(H,20,22). The summed E-state index contributed by atoms with van der Waals surface area (Å²) in [4.78, 5) is 25.1. The van der Waals surface area contributed by atoms with E-state index in [1.54, 1.807) is 36.4 Å². The van der Waals surface area contributed by atoms with Gasteiger partial charge >= 0.3 is 0 Å². The highest BCUT2D eigenvalue weighted by Gasteiger charge is 2.35. The predicted molar refractivity (Wildman–Crippen MR) is 90.9 cm³/mol. The average molecular weight is 391 g/mol. The van der Waals surface area contributed by atoms with Crippen LogP contribution in [0.15, 0.2) is 56.1 Å². The van der Waals surface area contributed by atoms with Gasteiger partial charge in [0, 0.05) is 9.50 Å². The maximum absolute atomic E-state index is 12.9. The largest absolute Gasteiger partial charge is 0.450 e. The minimum absolute atomic E-state index is 0.0646. The van der Waals surface area contributed by atoms with E-state index in [1.807, 2.05) is 6.07 Å². The molecule has 0 fully saturated rings. The van der Waals surface area contributed by atoms with E-state index in [2.05, 4.69) is 21.2 Å². The number of benzene rings is 2. The molecule has 114 valence electrons.